The number of ether oxygens (including phenoxy) is 1. The third kappa shape index (κ3) is 7.54. The van der Waals surface area contributed by atoms with Crippen LogP contribution in [0, 0.1) is 0 Å². The second-order valence-corrected chi connectivity index (χ2v) is 4.84. The summed E-state index contributed by atoms with van der Waals surface area (Å²) in [5, 5.41) is 15.6. The number of aromatic nitrogens is 1. The molecule has 132 valence electrons. The number of carbonyl (C=O) groups excluding carboxylic acids is 1. The van der Waals surface area contributed by atoms with Gasteiger partial charge in [0.2, 0.25) is 5.89 Å². The zero-order valence-corrected chi connectivity index (χ0v) is 13.3. The molecule has 0 unspecified atom stereocenters. The van der Waals surface area contributed by atoms with Gasteiger partial charge in [0.15, 0.2) is 5.69 Å². The molecule has 1 aromatic rings. The number of hydrogen-bond donors (Lipinski definition) is 2. The normalized spacial score (nSPS) is 14.2. The molecular formula is C15H20N2O7. The maximum Gasteiger partial charge on any atom is 0.360 e. The van der Waals surface area contributed by atoms with Crippen molar-refractivity contribution < 1.29 is 33.8 Å². The van der Waals surface area contributed by atoms with Crippen molar-refractivity contribution in [2.24, 2.45) is 0 Å². The Bertz CT molecular complexity index is 572. The van der Waals surface area contributed by atoms with Gasteiger partial charge in [0.1, 0.15) is 6.26 Å². The zero-order chi connectivity index (χ0) is 17.9. The highest BCUT2D eigenvalue weighted by Gasteiger charge is 2.17. The van der Waals surface area contributed by atoms with E-state index < -0.39 is 17.9 Å². The van der Waals surface area contributed by atoms with Gasteiger partial charge in [0.05, 0.1) is 13.2 Å². The Kier molecular flexibility index (Phi) is 8.20. The first-order chi connectivity index (χ1) is 11.4. The molecule has 1 aromatic heterocycles. The summed E-state index contributed by atoms with van der Waals surface area (Å²) in [6.45, 7) is 4.96. The molecule has 0 aromatic carbocycles. The van der Waals surface area contributed by atoms with Gasteiger partial charge in [-0.2, -0.15) is 0 Å². The third-order valence-corrected chi connectivity index (χ3v) is 2.96. The van der Waals surface area contributed by atoms with Crippen LogP contribution in [-0.2, 0) is 20.9 Å². The van der Waals surface area contributed by atoms with Gasteiger partial charge in [-0.25, -0.2) is 19.4 Å². The Balaban J connectivity index is 0.000000307. The largest absolute Gasteiger partial charge is 0.478 e. The SMILES string of the molecule is CCOC(=O)c1coc(CN2CCCC2)n1.O=C(O)/C=C\C(=O)O. The lowest BCUT2D eigenvalue weighted by molar-refractivity contribution is -0.134. The van der Waals surface area contributed by atoms with E-state index >= 15 is 0 Å². The summed E-state index contributed by atoms with van der Waals surface area (Å²) in [6, 6.07) is 0. The van der Waals surface area contributed by atoms with Gasteiger partial charge < -0.3 is 19.4 Å². The van der Waals surface area contributed by atoms with Gasteiger partial charge in [-0.3, -0.25) is 4.90 Å². The lowest BCUT2D eigenvalue weighted by Crippen LogP contribution is -2.18. The van der Waals surface area contributed by atoms with Crippen molar-refractivity contribution >= 4 is 17.9 Å². The quantitative estimate of drug-likeness (QED) is 0.578. The van der Waals surface area contributed by atoms with Crippen LogP contribution in [0.25, 0.3) is 0 Å². The molecule has 0 aliphatic carbocycles. The summed E-state index contributed by atoms with van der Waals surface area (Å²) < 4.78 is 10.1. The number of esters is 1. The molecule has 1 fully saturated rings. The molecule has 9 heteroatoms. The second kappa shape index (κ2) is 10.2. The first kappa shape index (κ1) is 19.4. The van der Waals surface area contributed by atoms with E-state index in [0.29, 0.717) is 31.2 Å². The number of rotatable bonds is 6. The highest BCUT2D eigenvalue weighted by Crippen LogP contribution is 2.12. The molecule has 1 aliphatic rings. The maximum atomic E-state index is 11.3. The minimum absolute atomic E-state index is 0.260. The van der Waals surface area contributed by atoms with E-state index in [-0.39, 0.29) is 5.69 Å². The van der Waals surface area contributed by atoms with Gasteiger partial charge in [-0.1, -0.05) is 0 Å². The Hall–Kier alpha value is -2.68. The van der Waals surface area contributed by atoms with Crippen LogP contribution in [0.15, 0.2) is 22.8 Å². The summed E-state index contributed by atoms with van der Waals surface area (Å²) >= 11 is 0. The molecule has 2 heterocycles. The predicted molar refractivity (Wildman–Crippen MR) is 81.4 cm³/mol. The highest BCUT2D eigenvalue weighted by molar-refractivity contribution is 5.89. The number of oxazole rings is 1. The van der Waals surface area contributed by atoms with Gasteiger partial charge >= 0.3 is 17.9 Å². The van der Waals surface area contributed by atoms with Crippen LogP contribution in [0.5, 0.6) is 0 Å². The minimum atomic E-state index is -1.26. The first-order valence-electron chi connectivity index (χ1n) is 7.40. The van der Waals surface area contributed by atoms with E-state index in [4.69, 9.17) is 19.4 Å². The maximum absolute atomic E-state index is 11.3. The van der Waals surface area contributed by atoms with Crippen molar-refractivity contribution in [3.05, 3.63) is 30.0 Å². The fraction of sp³-hybridized carbons (Fsp3) is 0.467. The van der Waals surface area contributed by atoms with Crippen LogP contribution < -0.4 is 0 Å². The summed E-state index contributed by atoms with van der Waals surface area (Å²) in [6.07, 6.45) is 4.94. The van der Waals surface area contributed by atoms with Crippen LogP contribution in [-0.4, -0.2) is 57.7 Å². The van der Waals surface area contributed by atoms with Crippen molar-refractivity contribution in [2.45, 2.75) is 26.3 Å². The average molecular weight is 340 g/mol. The van der Waals surface area contributed by atoms with E-state index in [1.165, 1.54) is 19.1 Å². The van der Waals surface area contributed by atoms with Crippen LogP contribution in [0.2, 0.25) is 0 Å². The lowest BCUT2D eigenvalue weighted by atomic mass is 10.4. The molecule has 0 saturated carbocycles. The number of nitrogens with zero attached hydrogens (tertiary/aromatic N) is 2. The monoisotopic (exact) mass is 340 g/mol. The molecule has 24 heavy (non-hydrogen) atoms. The molecule has 0 radical (unpaired) electrons. The van der Waals surface area contributed by atoms with E-state index in [0.717, 1.165) is 13.1 Å². The number of carboxylic acid groups (broad SMARTS) is 2. The third-order valence-electron chi connectivity index (χ3n) is 2.96. The molecule has 2 rings (SSSR count). The van der Waals surface area contributed by atoms with Crippen LogP contribution in [0.1, 0.15) is 36.1 Å². The van der Waals surface area contributed by atoms with E-state index in [2.05, 4.69) is 9.88 Å². The fourth-order valence-electron chi connectivity index (χ4n) is 1.96. The molecular weight excluding hydrogens is 320 g/mol. The molecule has 0 spiro atoms. The average Bonchev–Trinajstić information content (AvgIpc) is 3.18. The zero-order valence-electron chi connectivity index (χ0n) is 13.3. The van der Waals surface area contributed by atoms with Crippen LogP contribution in [0.3, 0.4) is 0 Å². The Morgan fingerprint density at radius 3 is 2.33 bits per heavy atom. The summed E-state index contributed by atoms with van der Waals surface area (Å²) in [5.41, 5.74) is 0.260. The molecule has 0 atom stereocenters. The summed E-state index contributed by atoms with van der Waals surface area (Å²) in [4.78, 5) is 36.8. The van der Waals surface area contributed by atoms with Crippen molar-refractivity contribution in [1.82, 2.24) is 9.88 Å². The van der Waals surface area contributed by atoms with E-state index in [1.54, 1.807) is 6.92 Å². The van der Waals surface area contributed by atoms with Crippen LogP contribution in [0.4, 0.5) is 0 Å². The number of carbonyl (C=O) groups is 3. The van der Waals surface area contributed by atoms with Gasteiger partial charge in [0, 0.05) is 12.2 Å². The van der Waals surface area contributed by atoms with Gasteiger partial charge in [-0.05, 0) is 32.9 Å². The second-order valence-electron chi connectivity index (χ2n) is 4.84. The van der Waals surface area contributed by atoms with Crippen molar-refractivity contribution in [1.29, 1.82) is 0 Å². The van der Waals surface area contributed by atoms with Crippen molar-refractivity contribution in [3.8, 4) is 0 Å². The summed E-state index contributed by atoms with van der Waals surface area (Å²) in [7, 11) is 0. The minimum Gasteiger partial charge on any atom is -0.478 e. The van der Waals surface area contributed by atoms with Crippen LogP contribution >= 0.6 is 0 Å². The van der Waals surface area contributed by atoms with E-state index in [9.17, 15) is 14.4 Å². The Morgan fingerprint density at radius 1 is 1.25 bits per heavy atom. The fourth-order valence-corrected chi connectivity index (χ4v) is 1.96. The number of likely N-dealkylation sites (tertiary alicyclic amines) is 1. The van der Waals surface area contributed by atoms with Gasteiger partial charge in [0.25, 0.3) is 0 Å². The molecule has 1 saturated heterocycles. The number of aliphatic carboxylic acids is 2. The Labute approximate surface area is 138 Å². The highest BCUT2D eigenvalue weighted by atomic mass is 16.5. The molecule has 9 nitrogen and oxygen atoms in total. The predicted octanol–water partition coefficient (Wildman–Crippen LogP) is 1.16. The first-order valence-corrected chi connectivity index (χ1v) is 7.40. The standard InChI is InChI=1S/C11H16N2O3.C4H4O4/c1-2-15-11(14)9-8-16-10(12-9)7-13-5-3-4-6-13;5-3(6)1-2-4(7)8/h8H,2-7H2,1H3;1-2H,(H,5,6)(H,7,8)/b;2-1-. The molecule has 0 amide bonds. The lowest BCUT2D eigenvalue weighted by Gasteiger charge is -2.10. The van der Waals surface area contributed by atoms with E-state index in [1.807, 2.05) is 0 Å². The molecule has 1 aliphatic heterocycles. The molecule has 2 N–H and O–H groups in total. The number of carboxylic acids is 2. The Morgan fingerprint density at radius 2 is 1.83 bits per heavy atom. The van der Waals surface area contributed by atoms with Crippen molar-refractivity contribution in [2.75, 3.05) is 19.7 Å². The van der Waals surface area contributed by atoms with Crippen molar-refractivity contribution in [3.63, 3.8) is 0 Å². The topological polar surface area (TPSA) is 130 Å². The number of hydrogen-bond acceptors (Lipinski definition) is 7. The smallest absolute Gasteiger partial charge is 0.360 e. The van der Waals surface area contributed by atoms with Gasteiger partial charge in [-0.15, -0.1) is 0 Å². The summed E-state index contributed by atoms with van der Waals surface area (Å²) in [5.74, 6) is -2.34. The molecule has 0 bridgehead atoms.